The second-order valence-corrected chi connectivity index (χ2v) is 3.51. The molecule has 0 aliphatic heterocycles. The number of carboxylic acids is 2. The summed E-state index contributed by atoms with van der Waals surface area (Å²) in [6, 6.07) is 0. The highest BCUT2D eigenvalue weighted by atomic mass is 17.1. The maximum absolute atomic E-state index is 10.5. The zero-order valence-corrected chi connectivity index (χ0v) is 10.7. The zero-order chi connectivity index (χ0) is 15.4. The summed E-state index contributed by atoms with van der Waals surface area (Å²) in [5, 5.41) is 32.1. The number of hydrogen-bond donors (Lipinski definition) is 4. The van der Waals surface area contributed by atoms with Gasteiger partial charge in [0.2, 0.25) is 0 Å². The number of unbranched alkanes of at least 4 members (excludes halogenated alkanes) is 1. The van der Waals surface area contributed by atoms with Gasteiger partial charge in [-0.2, -0.15) is 5.26 Å². The van der Waals surface area contributed by atoms with Crippen LogP contribution in [-0.4, -0.2) is 44.6 Å². The van der Waals surface area contributed by atoms with Crippen LogP contribution in [0.1, 0.15) is 33.1 Å². The lowest BCUT2D eigenvalue weighted by molar-refractivity contribution is -0.229. The van der Waals surface area contributed by atoms with Crippen LogP contribution >= 0.6 is 0 Å². The molecule has 0 rings (SSSR count). The molecule has 0 aromatic heterocycles. The molecule has 0 bridgehead atoms. The first kappa shape index (κ1) is 19.4. The Labute approximate surface area is 109 Å². The molecule has 0 saturated heterocycles. The maximum atomic E-state index is 10.5. The number of hydrogen-bond acceptors (Lipinski definition) is 6. The largest absolute Gasteiger partial charge is 0.481 e. The predicted octanol–water partition coefficient (Wildman–Crippen LogP) is 0.656. The number of rotatable bonds is 6. The molecule has 1 unspecified atom stereocenters. The van der Waals surface area contributed by atoms with Gasteiger partial charge in [0.25, 0.3) is 0 Å². The molecule has 8 nitrogen and oxygen atoms in total. The van der Waals surface area contributed by atoms with Crippen molar-refractivity contribution in [3.63, 3.8) is 0 Å². The molecule has 0 aliphatic rings. The molecule has 110 valence electrons. The zero-order valence-electron chi connectivity index (χ0n) is 10.7. The number of carbonyl (C=O) groups is 3. The van der Waals surface area contributed by atoms with E-state index in [-0.39, 0.29) is 0 Å². The Morgan fingerprint density at radius 1 is 1.26 bits per heavy atom. The summed E-state index contributed by atoms with van der Waals surface area (Å²) >= 11 is 0. The molecular weight excluding hydrogens is 260 g/mol. The molecule has 1 atom stereocenters. The third-order valence-corrected chi connectivity index (χ3v) is 1.80. The molecule has 8 heteroatoms. The molecule has 0 aliphatic carbocycles. The fraction of sp³-hybridized carbons (Fsp3) is 0.545. The molecule has 4 N–H and O–H groups in total. The molecule has 0 amide bonds. The summed E-state index contributed by atoms with van der Waals surface area (Å²) in [6.45, 7) is 3.61. The van der Waals surface area contributed by atoms with Gasteiger partial charge < -0.3 is 15.3 Å². The minimum Gasteiger partial charge on any atom is -0.481 e. The highest BCUT2D eigenvalue weighted by molar-refractivity contribution is 5.87. The van der Waals surface area contributed by atoms with Crippen molar-refractivity contribution in [3.05, 3.63) is 11.6 Å². The molecular formula is C11H18O8. The van der Waals surface area contributed by atoms with Crippen molar-refractivity contribution in [2.24, 2.45) is 0 Å². The standard InChI is InChI=1S/C7H12O3.C4H6O5/c1-3-4-5-6(2)7(8)10-9;5-2(4(8)9)1-3(6)7/h5,9H,3-4H2,1-2H3;2,5H,1H2,(H,6,7)(H,8,9). The summed E-state index contributed by atoms with van der Waals surface area (Å²) in [7, 11) is 0. The number of carboxylic acid groups (broad SMARTS) is 2. The summed E-state index contributed by atoms with van der Waals surface area (Å²) < 4.78 is 0. The first-order valence-electron chi connectivity index (χ1n) is 5.41. The van der Waals surface area contributed by atoms with Crippen molar-refractivity contribution in [2.75, 3.05) is 0 Å². The highest BCUT2D eigenvalue weighted by Gasteiger charge is 2.16. The smallest absolute Gasteiger partial charge is 0.368 e. The Kier molecular flexibility index (Phi) is 11.4. The summed E-state index contributed by atoms with van der Waals surface area (Å²) in [4.78, 5) is 33.4. The van der Waals surface area contributed by atoms with Gasteiger partial charge in [-0.3, -0.25) is 9.68 Å². The Morgan fingerprint density at radius 2 is 1.79 bits per heavy atom. The number of aliphatic carboxylic acids is 2. The van der Waals surface area contributed by atoms with Gasteiger partial charge >= 0.3 is 17.9 Å². The van der Waals surface area contributed by atoms with Gasteiger partial charge in [-0.25, -0.2) is 9.59 Å². The predicted molar refractivity (Wildman–Crippen MR) is 63.3 cm³/mol. The van der Waals surface area contributed by atoms with Crippen LogP contribution in [0.25, 0.3) is 0 Å². The first-order valence-corrected chi connectivity index (χ1v) is 5.41. The number of carbonyl (C=O) groups excluding carboxylic acids is 1. The van der Waals surface area contributed by atoms with Crippen LogP contribution in [0, 0.1) is 0 Å². The van der Waals surface area contributed by atoms with E-state index < -0.39 is 30.4 Å². The molecule has 0 aromatic rings. The quantitative estimate of drug-likeness (QED) is 0.315. The fourth-order valence-corrected chi connectivity index (χ4v) is 0.769. The van der Waals surface area contributed by atoms with Gasteiger partial charge in [0, 0.05) is 5.57 Å². The minimum atomic E-state index is -1.79. The van der Waals surface area contributed by atoms with Crippen molar-refractivity contribution < 1.29 is 39.8 Å². The van der Waals surface area contributed by atoms with Crippen LogP contribution in [0.3, 0.4) is 0 Å². The molecule has 0 heterocycles. The van der Waals surface area contributed by atoms with E-state index in [1.807, 2.05) is 6.92 Å². The van der Waals surface area contributed by atoms with Crippen molar-refractivity contribution in [3.8, 4) is 0 Å². The van der Waals surface area contributed by atoms with E-state index in [2.05, 4.69) is 4.89 Å². The van der Waals surface area contributed by atoms with Crippen LogP contribution in [0.4, 0.5) is 0 Å². The van der Waals surface area contributed by atoms with Crippen molar-refractivity contribution in [1.29, 1.82) is 0 Å². The molecule has 0 fully saturated rings. The summed E-state index contributed by atoms with van der Waals surface area (Å²) in [6.07, 6.45) is 1.01. The molecule has 0 saturated carbocycles. The van der Waals surface area contributed by atoms with Gasteiger partial charge in [-0.05, 0) is 13.3 Å². The Bertz CT molecular complexity index is 334. The Hall–Kier alpha value is -1.93. The highest BCUT2D eigenvalue weighted by Crippen LogP contribution is 1.99. The van der Waals surface area contributed by atoms with E-state index in [4.69, 9.17) is 20.6 Å². The van der Waals surface area contributed by atoms with E-state index in [1.165, 1.54) is 0 Å². The first-order chi connectivity index (χ1) is 8.76. The third-order valence-electron chi connectivity index (χ3n) is 1.80. The van der Waals surface area contributed by atoms with Gasteiger partial charge in [0.15, 0.2) is 6.10 Å². The minimum absolute atomic E-state index is 0.448. The molecule has 19 heavy (non-hydrogen) atoms. The van der Waals surface area contributed by atoms with Gasteiger partial charge in [0.05, 0.1) is 6.42 Å². The third kappa shape index (κ3) is 12.3. The Morgan fingerprint density at radius 3 is 2.05 bits per heavy atom. The van der Waals surface area contributed by atoms with E-state index in [1.54, 1.807) is 13.0 Å². The fourth-order valence-electron chi connectivity index (χ4n) is 0.769. The van der Waals surface area contributed by atoms with Crippen LogP contribution < -0.4 is 0 Å². The van der Waals surface area contributed by atoms with Gasteiger partial charge in [0.1, 0.15) is 0 Å². The van der Waals surface area contributed by atoms with Crippen LogP contribution in [0.5, 0.6) is 0 Å². The SMILES string of the molecule is CCCC=C(C)C(=O)OO.O=C(O)CC(O)C(=O)O. The average Bonchev–Trinajstić information content (AvgIpc) is 2.34. The van der Waals surface area contributed by atoms with E-state index in [0.29, 0.717) is 5.57 Å². The number of aliphatic hydroxyl groups excluding tert-OH is 1. The summed E-state index contributed by atoms with van der Waals surface area (Å²) in [5.74, 6) is -3.52. The lowest BCUT2D eigenvalue weighted by atomic mass is 10.2. The topological polar surface area (TPSA) is 141 Å². The molecule has 0 radical (unpaired) electrons. The second-order valence-electron chi connectivity index (χ2n) is 3.51. The normalized spacial score (nSPS) is 11.9. The van der Waals surface area contributed by atoms with Crippen LogP contribution in [0.2, 0.25) is 0 Å². The van der Waals surface area contributed by atoms with E-state index in [9.17, 15) is 14.4 Å². The summed E-state index contributed by atoms with van der Waals surface area (Å²) in [5.41, 5.74) is 0.448. The van der Waals surface area contributed by atoms with Gasteiger partial charge in [-0.1, -0.05) is 19.4 Å². The Balaban J connectivity index is 0. The molecule has 0 spiro atoms. The lowest BCUT2D eigenvalue weighted by Crippen LogP contribution is -2.22. The average molecular weight is 278 g/mol. The van der Waals surface area contributed by atoms with E-state index in [0.717, 1.165) is 12.8 Å². The number of aliphatic hydroxyl groups is 1. The second kappa shape index (κ2) is 11.2. The number of allylic oxidation sites excluding steroid dienone is 1. The molecule has 0 aromatic carbocycles. The van der Waals surface area contributed by atoms with Crippen LogP contribution in [0.15, 0.2) is 11.6 Å². The van der Waals surface area contributed by atoms with Crippen molar-refractivity contribution in [1.82, 2.24) is 0 Å². The van der Waals surface area contributed by atoms with Crippen molar-refractivity contribution >= 4 is 17.9 Å². The van der Waals surface area contributed by atoms with Crippen LogP contribution in [-0.2, 0) is 19.3 Å². The monoisotopic (exact) mass is 278 g/mol. The van der Waals surface area contributed by atoms with Gasteiger partial charge in [-0.15, -0.1) is 0 Å². The maximum Gasteiger partial charge on any atom is 0.368 e. The van der Waals surface area contributed by atoms with E-state index >= 15 is 0 Å². The lowest BCUT2D eigenvalue weighted by Gasteiger charge is -1.97. The van der Waals surface area contributed by atoms with Crippen molar-refractivity contribution in [2.45, 2.75) is 39.2 Å².